The van der Waals surface area contributed by atoms with Crippen molar-refractivity contribution in [3.05, 3.63) is 17.7 Å². The Labute approximate surface area is 136 Å². The summed E-state index contributed by atoms with van der Waals surface area (Å²) in [6.45, 7) is 6.15. The van der Waals surface area contributed by atoms with Crippen molar-refractivity contribution in [1.29, 1.82) is 0 Å². The zero-order valence-electron chi connectivity index (χ0n) is 13.4. The number of amides is 1. The van der Waals surface area contributed by atoms with E-state index < -0.39 is 14.9 Å². The van der Waals surface area contributed by atoms with Crippen LogP contribution in [0.15, 0.2) is 17.0 Å². The van der Waals surface area contributed by atoms with Gasteiger partial charge >= 0.3 is 0 Å². The van der Waals surface area contributed by atoms with Gasteiger partial charge in [-0.3, -0.25) is 4.79 Å². The summed E-state index contributed by atoms with van der Waals surface area (Å²) in [5, 5.41) is 15.5. The summed E-state index contributed by atoms with van der Waals surface area (Å²) in [6.07, 6.45) is 1.91. The third-order valence-electron chi connectivity index (χ3n) is 4.11. The lowest BCUT2D eigenvalue weighted by molar-refractivity contribution is 0.0772. The van der Waals surface area contributed by atoms with E-state index in [9.17, 15) is 18.3 Å². The Bertz CT molecular complexity index is 693. The molecule has 0 bridgehead atoms. The van der Waals surface area contributed by atoms with Crippen molar-refractivity contribution in [1.82, 2.24) is 4.90 Å². The van der Waals surface area contributed by atoms with E-state index in [1.54, 1.807) is 11.0 Å². The molecule has 1 amide bonds. The number of anilines is 1. The van der Waals surface area contributed by atoms with Gasteiger partial charge in [0, 0.05) is 31.7 Å². The number of carbonyl (C=O) groups is 1. The summed E-state index contributed by atoms with van der Waals surface area (Å²) < 4.78 is 23.6. The van der Waals surface area contributed by atoms with Crippen molar-refractivity contribution in [2.75, 3.05) is 31.1 Å². The molecular formula is C15H23N3O4S. The zero-order chi connectivity index (χ0) is 17.2. The number of rotatable bonds is 5. The summed E-state index contributed by atoms with van der Waals surface area (Å²) in [5.41, 5.74) is 0.571. The molecule has 1 aromatic carbocycles. The molecule has 0 saturated carbocycles. The van der Waals surface area contributed by atoms with Crippen LogP contribution in [0.3, 0.4) is 0 Å². The fourth-order valence-corrected chi connectivity index (χ4v) is 3.49. The molecule has 128 valence electrons. The molecule has 1 aliphatic rings. The van der Waals surface area contributed by atoms with Gasteiger partial charge in [0.2, 0.25) is 10.0 Å². The first-order chi connectivity index (χ1) is 10.8. The molecular weight excluding hydrogens is 318 g/mol. The molecule has 23 heavy (non-hydrogen) atoms. The minimum Gasteiger partial charge on any atom is -0.504 e. The molecule has 0 spiro atoms. The van der Waals surface area contributed by atoms with Crippen LogP contribution >= 0.6 is 0 Å². The molecule has 7 nitrogen and oxygen atoms in total. The lowest BCUT2D eigenvalue weighted by Crippen LogP contribution is -2.31. The molecule has 8 heteroatoms. The Morgan fingerprint density at radius 2 is 1.83 bits per heavy atom. The highest BCUT2D eigenvalue weighted by molar-refractivity contribution is 7.89. The van der Waals surface area contributed by atoms with Crippen molar-refractivity contribution < 1.29 is 18.3 Å². The van der Waals surface area contributed by atoms with Crippen molar-refractivity contribution in [3.63, 3.8) is 0 Å². The average Bonchev–Trinajstić information content (AvgIpc) is 3.01. The van der Waals surface area contributed by atoms with Crippen LogP contribution in [0.2, 0.25) is 0 Å². The maximum atomic E-state index is 12.6. The molecule has 3 N–H and O–H groups in total. The highest BCUT2D eigenvalue weighted by atomic mass is 32.2. The number of hydrogen-bond donors (Lipinski definition) is 2. The van der Waals surface area contributed by atoms with E-state index in [1.807, 2.05) is 18.7 Å². The van der Waals surface area contributed by atoms with E-state index in [1.165, 1.54) is 0 Å². The van der Waals surface area contributed by atoms with Gasteiger partial charge in [-0.25, -0.2) is 13.6 Å². The van der Waals surface area contributed by atoms with E-state index in [0.717, 1.165) is 18.9 Å². The predicted molar refractivity (Wildman–Crippen MR) is 88.2 cm³/mol. The first kappa shape index (κ1) is 17.6. The van der Waals surface area contributed by atoms with Crippen LogP contribution in [0.25, 0.3) is 0 Å². The number of primary sulfonamides is 1. The first-order valence-corrected chi connectivity index (χ1v) is 9.28. The van der Waals surface area contributed by atoms with Crippen LogP contribution in [0.1, 0.15) is 37.0 Å². The lowest BCUT2D eigenvalue weighted by Gasteiger charge is -2.23. The molecule has 1 aromatic rings. The molecule has 0 aromatic heterocycles. The Hall–Kier alpha value is -1.80. The number of phenolic OH excluding ortho intramolecular Hbond substituents is 1. The third kappa shape index (κ3) is 3.59. The van der Waals surface area contributed by atoms with Gasteiger partial charge in [0.1, 0.15) is 4.90 Å². The van der Waals surface area contributed by atoms with E-state index in [2.05, 4.69) is 0 Å². The molecule has 0 aliphatic carbocycles. The Kier molecular flexibility index (Phi) is 5.16. The van der Waals surface area contributed by atoms with E-state index in [4.69, 9.17) is 5.14 Å². The van der Waals surface area contributed by atoms with Crippen LogP contribution in [-0.2, 0) is 10.0 Å². The lowest BCUT2D eigenvalue weighted by atomic mass is 10.1. The molecule has 1 aliphatic heterocycles. The maximum absolute atomic E-state index is 12.6. The maximum Gasteiger partial charge on any atom is 0.253 e. The highest BCUT2D eigenvalue weighted by Crippen LogP contribution is 2.36. The van der Waals surface area contributed by atoms with Gasteiger partial charge in [0.05, 0.1) is 5.69 Å². The number of nitrogens with two attached hydrogens (primary N) is 1. The Morgan fingerprint density at radius 1 is 1.26 bits per heavy atom. The van der Waals surface area contributed by atoms with Crippen molar-refractivity contribution in [3.8, 4) is 5.75 Å². The number of phenols is 1. The first-order valence-electron chi connectivity index (χ1n) is 7.73. The second-order valence-electron chi connectivity index (χ2n) is 5.56. The fourth-order valence-electron chi connectivity index (χ4n) is 2.83. The average molecular weight is 341 g/mol. The standard InChI is InChI=1S/C15H23N3O4S/c1-3-17(4-2)15(20)11-9-12(18-7-5-6-8-18)14(19)13(10-11)23(16,21)22/h9-10,19H,3-8H2,1-2H3,(H2,16,21,22). The third-order valence-corrected chi connectivity index (χ3v) is 5.03. The number of sulfonamides is 1. The van der Waals surface area contributed by atoms with Crippen molar-refractivity contribution in [2.45, 2.75) is 31.6 Å². The normalized spacial score (nSPS) is 15.0. The molecule has 1 fully saturated rings. The quantitative estimate of drug-likeness (QED) is 0.835. The minimum atomic E-state index is -4.13. The summed E-state index contributed by atoms with van der Waals surface area (Å²) in [7, 11) is -4.13. The summed E-state index contributed by atoms with van der Waals surface area (Å²) >= 11 is 0. The number of hydrogen-bond acceptors (Lipinski definition) is 5. The van der Waals surface area contributed by atoms with Crippen LogP contribution in [0.5, 0.6) is 5.75 Å². The van der Waals surface area contributed by atoms with E-state index in [-0.39, 0.29) is 17.2 Å². The van der Waals surface area contributed by atoms with Crippen molar-refractivity contribution >= 4 is 21.6 Å². The monoisotopic (exact) mass is 341 g/mol. The fraction of sp³-hybridized carbons (Fsp3) is 0.533. The number of benzene rings is 1. The molecule has 1 saturated heterocycles. The molecule has 2 rings (SSSR count). The number of carbonyl (C=O) groups excluding carboxylic acids is 1. The van der Waals surface area contributed by atoms with E-state index >= 15 is 0 Å². The number of nitrogens with zero attached hydrogens (tertiary/aromatic N) is 2. The Balaban J connectivity index is 2.59. The smallest absolute Gasteiger partial charge is 0.253 e. The van der Waals surface area contributed by atoms with Gasteiger partial charge in [-0.2, -0.15) is 0 Å². The molecule has 0 unspecified atom stereocenters. The summed E-state index contributed by atoms with van der Waals surface area (Å²) in [5.74, 6) is -0.661. The van der Waals surface area contributed by atoms with Gasteiger partial charge in [-0.05, 0) is 38.8 Å². The van der Waals surface area contributed by atoms with E-state index in [0.29, 0.717) is 31.9 Å². The van der Waals surface area contributed by atoms with Crippen LogP contribution in [0, 0.1) is 0 Å². The highest BCUT2D eigenvalue weighted by Gasteiger charge is 2.26. The minimum absolute atomic E-state index is 0.220. The molecule has 0 radical (unpaired) electrons. The topological polar surface area (TPSA) is 104 Å². The zero-order valence-corrected chi connectivity index (χ0v) is 14.3. The SMILES string of the molecule is CCN(CC)C(=O)c1cc(N2CCCC2)c(O)c(S(N)(=O)=O)c1. The van der Waals surface area contributed by atoms with Gasteiger partial charge in [-0.15, -0.1) is 0 Å². The van der Waals surface area contributed by atoms with Crippen LogP contribution in [-0.4, -0.2) is 50.5 Å². The summed E-state index contributed by atoms with van der Waals surface area (Å²) in [6, 6.07) is 2.71. The largest absolute Gasteiger partial charge is 0.504 e. The van der Waals surface area contributed by atoms with Gasteiger partial charge in [0.25, 0.3) is 5.91 Å². The Morgan fingerprint density at radius 3 is 2.30 bits per heavy atom. The summed E-state index contributed by atoms with van der Waals surface area (Å²) in [4.78, 5) is 15.6. The van der Waals surface area contributed by atoms with Gasteiger partial charge in [-0.1, -0.05) is 0 Å². The molecule has 1 heterocycles. The van der Waals surface area contributed by atoms with Gasteiger partial charge < -0.3 is 14.9 Å². The second kappa shape index (κ2) is 6.76. The van der Waals surface area contributed by atoms with Crippen molar-refractivity contribution in [2.24, 2.45) is 5.14 Å². The van der Waals surface area contributed by atoms with Crippen LogP contribution in [0.4, 0.5) is 5.69 Å². The van der Waals surface area contributed by atoms with Gasteiger partial charge in [0.15, 0.2) is 5.75 Å². The van der Waals surface area contributed by atoms with Crippen LogP contribution < -0.4 is 10.0 Å². The molecule has 0 atom stereocenters. The predicted octanol–water partition coefficient (Wildman–Crippen LogP) is 1.12. The number of aromatic hydroxyl groups is 1. The second-order valence-corrected chi connectivity index (χ2v) is 7.09.